The van der Waals surface area contributed by atoms with E-state index in [2.05, 4.69) is 10.6 Å². The van der Waals surface area contributed by atoms with E-state index in [1.807, 2.05) is 37.3 Å². The van der Waals surface area contributed by atoms with Crippen LogP contribution in [-0.4, -0.2) is 25.5 Å². The van der Waals surface area contributed by atoms with Crippen molar-refractivity contribution >= 4 is 28.5 Å². The van der Waals surface area contributed by atoms with E-state index >= 15 is 0 Å². The maximum absolute atomic E-state index is 12.5. The molecule has 0 aliphatic carbocycles. The number of fused-ring (bicyclic) bond motifs is 1. The number of carbonyl (C=O) groups excluding carboxylic acids is 2. The van der Waals surface area contributed by atoms with Crippen LogP contribution in [-0.2, 0) is 11.2 Å². The second-order valence-corrected chi connectivity index (χ2v) is 6.16. The van der Waals surface area contributed by atoms with Crippen molar-refractivity contribution in [3.63, 3.8) is 0 Å². The summed E-state index contributed by atoms with van der Waals surface area (Å²) in [6.07, 6.45) is 0.810. The number of carbonyl (C=O) groups is 2. The maximum atomic E-state index is 12.5. The first-order chi connectivity index (χ1) is 13.0. The van der Waals surface area contributed by atoms with Crippen LogP contribution in [0, 0.1) is 6.92 Å². The van der Waals surface area contributed by atoms with Crippen LogP contribution >= 0.6 is 0 Å². The van der Waals surface area contributed by atoms with Gasteiger partial charge in [0.2, 0.25) is 5.91 Å². The fourth-order valence-electron chi connectivity index (χ4n) is 2.93. The molecule has 0 unspecified atom stereocenters. The number of amides is 2. The molecule has 0 aliphatic rings. The lowest BCUT2D eigenvalue weighted by molar-refractivity contribution is -0.115. The van der Waals surface area contributed by atoms with E-state index in [0.29, 0.717) is 16.9 Å². The summed E-state index contributed by atoms with van der Waals surface area (Å²) in [7, 11) is 1.58. The third-order valence-corrected chi connectivity index (χ3v) is 4.43. The fourth-order valence-corrected chi connectivity index (χ4v) is 2.93. The molecule has 140 valence electrons. The molecule has 2 aromatic carbocycles. The van der Waals surface area contributed by atoms with Crippen LogP contribution in [0.25, 0.3) is 11.0 Å². The summed E-state index contributed by atoms with van der Waals surface area (Å²) in [5.41, 5.74) is 3.10. The number of benzene rings is 2. The molecule has 2 N–H and O–H groups in total. The number of nitrogens with one attached hydrogen (secondary N) is 2. The highest BCUT2D eigenvalue weighted by molar-refractivity contribution is 6.02. The SMILES string of the molecule is CCc1ccccc1NC(=O)CNC(=O)c1oc2ccc(OC)cc2c1C. The zero-order chi connectivity index (χ0) is 19.4. The van der Waals surface area contributed by atoms with Gasteiger partial charge in [-0.25, -0.2) is 0 Å². The Balaban J connectivity index is 1.68. The average molecular weight is 366 g/mol. The molecular formula is C21H22N2O4. The molecular weight excluding hydrogens is 344 g/mol. The van der Waals surface area contributed by atoms with Gasteiger partial charge in [0, 0.05) is 16.6 Å². The molecule has 6 nitrogen and oxygen atoms in total. The largest absolute Gasteiger partial charge is 0.497 e. The molecule has 2 amide bonds. The average Bonchev–Trinajstić information content (AvgIpc) is 3.02. The van der Waals surface area contributed by atoms with Gasteiger partial charge in [-0.05, 0) is 43.2 Å². The molecule has 0 saturated carbocycles. The van der Waals surface area contributed by atoms with Gasteiger partial charge in [0.25, 0.3) is 5.91 Å². The Bertz CT molecular complexity index is 991. The lowest BCUT2D eigenvalue weighted by Gasteiger charge is -2.10. The molecule has 0 spiro atoms. The second kappa shape index (κ2) is 7.95. The first-order valence-corrected chi connectivity index (χ1v) is 8.76. The molecule has 0 bridgehead atoms. The highest BCUT2D eigenvalue weighted by Crippen LogP contribution is 2.28. The van der Waals surface area contributed by atoms with Crippen molar-refractivity contribution in [3.05, 3.63) is 59.4 Å². The minimum atomic E-state index is -0.429. The topological polar surface area (TPSA) is 80.6 Å². The molecule has 0 saturated heterocycles. The third-order valence-electron chi connectivity index (χ3n) is 4.43. The number of para-hydroxylation sites is 1. The van der Waals surface area contributed by atoms with Crippen molar-refractivity contribution in [2.24, 2.45) is 0 Å². The molecule has 27 heavy (non-hydrogen) atoms. The first kappa shape index (κ1) is 18.5. The number of rotatable bonds is 6. The van der Waals surface area contributed by atoms with Crippen LogP contribution in [0.1, 0.15) is 28.6 Å². The number of hydrogen-bond donors (Lipinski definition) is 2. The quantitative estimate of drug-likeness (QED) is 0.697. The first-order valence-electron chi connectivity index (χ1n) is 8.76. The van der Waals surface area contributed by atoms with Crippen molar-refractivity contribution in [1.29, 1.82) is 0 Å². The standard InChI is InChI=1S/C21H22N2O4/c1-4-14-7-5-6-8-17(14)23-19(24)12-22-21(25)20-13(2)16-11-15(26-3)9-10-18(16)27-20/h5-11H,4,12H2,1-3H3,(H,22,25)(H,23,24). The predicted octanol–water partition coefficient (Wildman–Crippen LogP) is 3.68. The normalized spacial score (nSPS) is 10.6. The van der Waals surface area contributed by atoms with Gasteiger partial charge >= 0.3 is 0 Å². The van der Waals surface area contributed by atoms with E-state index in [4.69, 9.17) is 9.15 Å². The predicted molar refractivity (Wildman–Crippen MR) is 104 cm³/mol. The van der Waals surface area contributed by atoms with E-state index in [9.17, 15) is 9.59 Å². The molecule has 0 atom stereocenters. The van der Waals surface area contributed by atoms with Crippen LogP contribution in [0.5, 0.6) is 5.75 Å². The Morgan fingerprint density at radius 2 is 1.93 bits per heavy atom. The Hall–Kier alpha value is -3.28. The van der Waals surface area contributed by atoms with E-state index in [1.165, 1.54) is 0 Å². The summed E-state index contributed by atoms with van der Waals surface area (Å²) in [5, 5.41) is 6.24. The van der Waals surface area contributed by atoms with E-state index in [0.717, 1.165) is 23.1 Å². The lowest BCUT2D eigenvalue weighted by Crippen LogP contribution is -2.33. The van der Waals surface area contributed by atoms with Crippen LogP contribution in [0.15, 0.2) is 46.9 Å². The molecule has 0 fully saturated rings. The molecule has 3 rings (SSSR count). The minimum Gasteiger partial charge on any atom is -0.497 e. The van der Waals surface area contributed by atoms with Crippen molar-refractivity contribution < 1.29 is 18.7 Å². The summed E-state index contributed by atoms with van der Waals surface area (Å²) in [5.74, 6) is 0.161. The highest BCUT2D eigenvalue weighted by atomic mass is 16.5. The van der Waals surface area contributed by atoms with Gasteiger partial charge in [-0.15, -0.1) is 0 Å². The van der Waals surface area contributed by atoms with Gasteiger partial charge in [-0.2, -0.15) is 0 Å². The number of furan rings is 1. The summed E-state index contributed by atoms with van der Waals surface area (Å²) in [6, 6.07) is 12.9. The Kier molecular flexibility index (Phi) is 5.45. The molecule has 3 aromatic rings. The van der Waals surface area contributed by atoms with Gasteiger partial charge in [0.1, 0.15) is 11.3 Å². The van der Waals surface area contributed by atoms with Crippen LogP contribution in [0.4, 0.5) is 5.69 Å². The molecule has 1 aromatic heterocycles. The van der Waals surface area contributed by atoms with E-state index < -0.39 is 5.91 Å². The van der Waals surface area contributed by atoms with Crippen LogP contribution in [0.3, 0.4) is 0 Å². The Morgan fingerprint density at radius 3 is 2.67 bits per heavy atom. The van der Waals surface area contributed by atoms with Gasteiger partial charge in [0.15, 0.2) is 5.76 Å². The molecule has 0 aliphatic heterocycles. The monoisotopic (exact) mass is 366 g/mol. The van der Waals surface area contributed by atoms with Gasteiger partial charge in [-0.3, -0.25) is 9.59 Å². The Morgan fingerprint density at radius 1 is 1.15 bits per heavy atom. The molecule has 1 heterocycles. The lowest BCUT2D eigenvalue weighted by atomic mass is 10.1. The summed E-state index contributed by atoms with van der Waals surface area (Å²) < 4.78 is 10.9. The summed E-state index contributed by atoms with van der Waals surface area (Å²) in [6.45, 7) is 3.68. The third kappa shape index (κ3) is 3.95. The van der Waals surface area contributed by atoms with Gasteiger partial charge < -0.3 is 19.8 Å². The minimum absolute atomic E-state index is 0.142. The number of ether oxygens (including phenoxy) is 1. The molecule has 0 radical (unpaired) electrons. The zero-order valence-electron chi connectivity index (χ0n) is 15.6. The smallest absolute Gasteiger partial charge is 0.287 e. The van der Waals surface area contributed by atoms with Crippen molar-refractivity contribution in [1.82, 2.24) is 5.32 Å². The number of hydrogen-bond acceptors (Lipinski definition) is 4. The summed E-state index contributed by atoms with van der Waals surface area (Å²) >= 11 is 0. The number of aryl methyl sites for hydroxylation is 2. The van der Waals surface area contributed by atoms with Crippen LogP contribution < -0.4 is 15.4 Å². The zero-order valence-corrected chi connectivity index (χ0v) is 15.6. The van der Waals surface area contributed by atoms with Gasteiger partial charge in [-0.1, -0.05) is 25.1 Å². The Labute approximate surface area is 157 Å². The molecule has 6 heteroatoms. The second-order valence-electron chi connectivity index (χ2n) is 6.16. The summed E-state index contributed by atoms with van der Waals surface area (Å²) in [4.78, 5) is 24.6. The van der Waals surface area contributed by atoms with E-state index in [-0.39, 0.29) is 18.2 Å². The van der Waals surface area contributed by atoms with Crippen molar-refractivity contribution in [2.45, 2.75) is 20.3 Å². The van der Waals surface area contributed by atoms with Crippen molar-refractivity contribution in [3.8, 4) is 5.75 Å². The number of anilines is 1. The van der Waals surface area contributed by atoms with Crippen molar-refractivity contribution in [2.75, 3.05) is 19.0 Å². The van der Waals surface area contributed by atoms with Gasteiger partial charge in [0.05, 0.1) is 13.7 Å². The number of methoxy groups -OCH3 is 1. The van der Waals surface area contributed by atoms with Crippen LogP contribution in [0.2, 0.25) is 0 Å². The fraction of sp³-hybridized carbons (Fsp3) is 0.238. The van der Waals surface area contributed by atoms with E-state index in [1.54, 1.807) is 26.2 Å². The maximum Gasteiger partial charge on any atom is 0.287 e. The highest BCUT2D eigenvalue weighted by Gasteiger charge is 2.19.